The monoisotopic (exact) mass is 352 g/mol. The Morgan fingerprint density at radius 2 is 2.15 bits per heavy atom. The molecule has 0 saturated heterocycles. The molecule has 2 nitrogen and oxygen atoms in total. The molecule has 1 unspecified atom stereocenters. The quantitative estimate of drug-likeness (QED) is 0.808. The van der Waals surface area contributed by atoms with Gasteiger partial charge in [-0.2, -0.15) is 0 Å². The molecule has 0 bridgehead atoms. The molecule has 1 aromatic heterocycles. The van der Waals surface area contributed by atoms with Crippen LogP contribution in [0.5, 0.6) is 0 Å². The lowest BCUT2D eigenvalue weighted by Gasteiger charge is -2.19. The Balaban J connectivity index is 2.20. The van der Waals surface area contributed by atoms with E-state index < -0.39 is 0 Å². The van der Waals surface area contributed by atoms with Crippen LogP contribution < -0.4 is 5.32 Å². The Morgan fingerprint density at radius 1 is 1.30 bits per heavy atom. The fourth-order valence-electron chi connectivity index (χ4n) is 2.08. The SMILES string of the molecule is CCCNC(Cc1ccccn1)c1ccc(Cl)c(Br)c1. The van der Waals surface area contributed by atoms with Crippen molar-refractivity contribution in [3.8, 4) is 0 Å². The van der Waals surface area contributed by atoms with Crippen molar-refractivity contribution in [3.05, 3.63) is 63.3 Å². The second-order valence-corrected chi connectivity index (χ2v) is 5.97. The lowest BCUT2D eigenvalue weighted by atomic mass is 10.0. The average Bonchev–Trinajstić information content (AvgIpc) is 2.47. The zero-order valence-corrected chi connectivity index (χ0v) is 13.8. The van der Waals surface area contributed by atoms with Crippen LogP contribution in [-0.4, -0.2) is 11.5 Å². The van der Waals surface area contributed by atoms with E-state index in [2.05, 4.69) is 51.4 Å². The molecule has 1 aromatic carbocycles. The lowest BCUT2D eigenvalue weighted by molar-refractivity contribution is 0.524. The van der Waals surface area contributed by atoms with Gasteiger partial charge in [-0.1, -0.05) is 30.7 Å². The van der Waals surface area contributed by atoms with Gasteiger partial charge in [-0.25, -0.2) is 0 Å². The third kappa shape index (κ3) is 4.30. The molecule has 0 aliphatic rings. The number of hydrogen-bond donors (Lipinski definition) is 1. The fourth-order valence-corrected chi connectivity index (χ4v) is 2.60. The topological polar surface area (TPSA) is 24.9 Å². The molecule has 0 aliphatic carbocycles. The number of halogens is 2. The molecular weight excluding hydrogens is 336 g/mol. The maximum atomic E-state index is 6.07. The van der Waals surface area contributed by atoms with E-state index >= 15 is 0 Å². The van der Waals surface area contributed by atoms with Crippen LogP contribution in [0.25, 0.3) is 0 Å². The van der Waals surface area contributed by atoms with Gasteiger partial charge in [0.05, 0.1) is 5.02 Å². The van der Waals surface area contributed by atoms with Crippen molar-refractivity contribution in [1.82, 2.24) is 10.3 Å². The summed E-state index contributed by atoms with van der Waals surface area (Å²) >= 11 is 9.56. The molecule has 1 atom stereocenters. The van der Waals surface area contributed by atoms with Crippen LogP contribution in [0, 0.1) is 0 Å². The zero-order chi connectivity index (χ0) is 14.4. The van der Waals surface area contributed by atoms with E-state index in [1.54, 1.807) is 0 Å². The van der Waals surface area contributed by atoms with Crippen molar-refractivity contribution >= 4 is 27.5 Å². The summed E-state index contributed by atoms with van der Waals surface area (Å²) < 4.78 is 0.931. The van der Waals surface area contributed by atoms with Gasteiger partial charge in [0.1, 0.15) is 0 Å². The molecule has 0 saturated carbocycles. The van der Waals surface area contributed by atoms with Crippen molar-refractivity contribution < 1.29 is 0 Å². The van der Waals surface area contributed by atoms with Crippen molar-refractivity contribution in [3.63, 3.8) is 0 Å². The van der Waals surface area contributed by atoms with Gasteiger partial charge in [0.25, 0.3) is 0 Å². The van der Waals surface area contributed by atoms with E-state index in [9.17, 15) is 0 Å². The largest absolute Gasteiger partial charge is 0.310 e. The summed E-state index contributed by atoms with van der Waals surface area (Å²) in [4.78, 5) is 4.41. The minimum atomic E-state index is 0.249. The van der Waals surface area contributed by atoms with Crippen molar-refractivity contribution in [2.45, 2.75) is 25.8 Å². The molecule has 1 heterocycles. The van der Waals surface area contributed by atoms with E-state index in [1.807, 2.05) is 24.4 Å². The molecular formula is C16H18BrClN2. The minimum Gasteiger partial charge on any atom is -0.310 e. The summed E-state index contributed by atoms with van der Waals surface area (Å²) in [7, 11) is 0. The van der Waals surface area contributed by atoms with E-state index in [4.69, 9.17) is 11.6 Å². The first kappa shape index (κ1) is 15.5. The van der Waals surface area contributed by atoms with Gasteiger partial charge >= 0.3 is 0 Å². The normalized spacial score (nSPS) is 12.3. The van der Waals surface area contributed by atoms with E-state index in [0.717, 1.165) is 34.6 Å². The average molecular weight is 354 g/mol. The van der Waals surface area contributed by atoms with Crippen LogP contribution >= 0.6 is 27.5 Å². The van der Waals surface area contributed by atoms with Crippen LogP contribution in [0.3, 0.4) is 0 Å². The molecule has 1 N–H and O–H groups in total. The first-order chi connectivity index (χ1) is 9.70. The molecule has 20 heavy (non-hydrogen) atoms. The number of hydrogen-bond acceptors (Lipinski definition) is 2. The van der Waals surface area contributed by atoms with E-state index in [1.165, 1.54) is 5.56 Å². The maximum Gasteiger partial charge on any atom is 0.0548 e. The van der Waals surface area contributed by atoms with Crippen molar-refractivity contribution in [1.29, 1.82) is 0 Å². The highest BCUT2D eigenvalue weighted by atomic mass is 79.9. The molecule has 0 fully saturated rings. The first-order valence-corrected chi connectivity index (χ1v) is 7.96. The number of aromatic nitrogens is 1. The third-order valence-corrected chi connectivity index (χ3v) is 4.34. The van der Waals surface area contributed by atoms with Gasteiger partial charge < -0.3 is 5.32 Å². The molecule has 0 spiro atoms. The Hall–Kier alpha value is -0.900. The Kier molecular flexibility index (Phi) is 6.02. The van der Waals surface area contributed by atoms with Gasteiger partial charge in [-0.15, -0.1) is 0 Å². The smallest absolute Gasteiger partial charge is 0.0548 e. The summed E-state index contributed by atoms with van der Waals surface area (Å²) in [5.74, 6) is 0. The van der Waals surface area contributed by atoms with Crippen molar-refractivity contribution in [2.24, 2.45) is 0 Å². The zero-order valence-electron chi connectivity index (χ0n) is 11.4. The van der Waals surface area contributed by atoms with Crippen LogP contribution in [-0.2, 0) is 6.42 Å². The summed E-state index contributed by atoms with van der Waals surface area (Å²) in [5, 5.41) is 4.31. The van der Waals surface area contributed by atoms with Gasteiger partial charge in [0.2, 0.25) is 0 Å². The van der Waals surface area contributed by atoms with Gasteiger partial charge in [-0.05, 0) is 58.7 Å². The highest BCUT2D eigenvalue weighted by molar-refractivity contribution is 9.10. The fraction of sp³-hybridized carbons (Fsp3) is 0.312. The lowest BCUT2D eigenvalue weighted by Crippen LogP contribution is -2.24. The maximum absolute atomic E-state index is 6.07. The number of nitrogens with one attached hydrogen (secondary N) is 1. The summed E-state index contributed by atoms with van der Waals surface area (Å²) in [6, 6.07) is 12.4. The molecule has 4 heteroatoms. The summed E-state index contributed by atoms with van der Waals surface area (Å²) in [5.41, 5.74) is 2.31. The van der Waals surface area contributed by atoms with Crippen molar-refractivity contribution in [2.75, 3.05) is 6.54 Å². The van der Waals surface area contributed by atoms with Crippen LogP contribution in [0.1, 0.15) is 30.6 Å². The number of rotatable bonds is 6. The van der Waals surface area contributed by atoms with Gasteiger partial charge in [-0.3, -0.25) is 4.98 Å². The molecule has 0 radical (unpaired) electrons. The highest BCUT2D eigenvalue weighted by Gasteiger charge is 2.13. The first-order valence-electron chi connectivity index (χ1n) is 6.79. The second-order valence-electron chi connectivity index (χ2n) is 4.71. The summed E-state index contributed by atoms with van der Waals surface area (Å²) in [6.07, 6.45) is 3.81. The number of benzene rings is 1. The minimum absolute atomic E-state index is 0.249. The molecule has 2 aromatic rings. The van der Waals surface area contributed by atoms with E-state index in [-0.39, 0.29) is 6.04 Å². The second kappa shape index (κ2) is 7.77. The highest BCUT2D eigenvalue weighted by Crippen LogP contribution is 2.27. The molecule has 0 amide bonds. The predicted molar refractivity (Wildman–Crippen MR) is 88.1 cm³/mol. The standard InChI is InChI=1S/C16H18BrClN2/c1-2-8-20-16(11-13-5-3-4-9-19-13)12-6-7-15(18)14(17)10-12/h3-7,9-10,16,20H,2,8,11H2,1H3. The van der Waals surface area contributed by atoms with Crippen LogP contribution in [0.4, 0.5) is 0 Å². The van der Waals surface area contributed by atoms with Gasteiger partial charge in [0.15, 0.2) is 0 Å². The summed E-state index contributed by atoms with van der Waals surface area (Å²) in [6.45, 7) is 3.15. The Morgan fingerprint density at radius 3 is 2.80 bits per heavy atom. The van der Waals surface area contributed by atoms with Crippen LogP contribution in [0.2, 0.25) is 5.02 Å². The number of nitrogens with zero attached hydrogens (tertiary/aromatic N) is 1. The predicted octanol–water partition coefficient (Wildman–Crippen LogP) is 4.78. The Bertz CT molecular complexity index is 545. The molecule has 2 rings (SSSR count). The molecule has 0 aliphatic heterocycles. The Labute approximate surface area is 133 Å². The number of pyridine rings is 1. The van der Waals surface area contributed by atoms with E-state index in [0.29, 0.717) is 0 Å². The molecule has 106 valence electrons. The van der Waals surface area contributed by atoms with Gasteiger partial charge in [0, 0.05) is 28.8 Å². The van der Waals surface area contributed by atoms with Crippen LogP contribution in [0.15, 0.2) is 47.1 Å². The third-order valence-electron chi connectivity index (χ3n) is 3.13.